The highest BCUT2D eigenvalue weighted by Gasteiger charge is 2.21. The van der Waals surface area contributed by atoms with Crippen LogP contribution in [0, 0.1) is 5.92 Å². The molecule has 0 unspecified atom stereocenters. The number of benzene rings is 1. The maximum Gasteiger partial charge on any atom is 0.00925 e. The highest BCUT2D eigenvalue weighted by molar-refractivity contribution is 5.27. The molecule has 1 aliphatic carbocycles. The van der Waals surface area contributed by atoms with Gasteiger partial charge in [-0.25, -0.2) is 0 Å². The molecule has 1 saturated carbocycles. The molecule has 1 heteroatoms. The average Bonchev–Trinajstić information content (AvgIpc) is 2.45. The van der Waals surface area contributed by atoms with Crippen molar-refractivity contribution in [2.45, 2.75) is 71.3 Å². The fourth-order valence-electron chi connectivity index (χ4n) is 3.34. The highest BCUT2D eigenvalue weighted by atomic mass is 15.1. The van der Waals surface area contributed by atoms with Gasteiger partial charge >= 0.3 is 0 Å². The van der Waals surface area contributed by atoms with Crippen LogP contribution in [-0.4, -0.2) is 24.5 Å². The Bertz CT molecular complexity index is 418. The Morgan fingerprint density at radius 2 is 1.57 bits per heavy atom. The van der Waals surface area contributed by atoms with Crippen LogP contribution in [0.5, 0.6) is 0 Å². The lowest BCUT2D eigenvalue weighted by atomic mass is 9.86. The molecule has 0 aromatic heterocycles. The Balaban J connectivity index is 1.82. The molecule has 0 atom stereocenters. The monoisotopic (exact) mass is 287 g/mol. The van der Waals surface area contributed by atoms with Gasteiger partial charge in [0.15, 0.2) is 0 Å². The zero-order chi connectivity index (χ0) is 15.5. The molecule has 0 saturated heterocycles. The maximum atomic E-state index is 2.59. The summed E-state index contributed by atoms with van der Waals surface area (Å²) in [4.78, 5) is 2.59. The van der Waals surface area contributed by atoms with Crippen LogP contribution in [0.15, 0.2) is 24.3 Å². The second kappa shape index (κ2) is 6.96. The summed E-state index contributed by atoms with van der Waals surface area (Å²) in [5, 5.41) is 0. The molecule has 1 nitrogen and oxygen atoms in total. The van der Waals surface area contributed by atoms with E-state index in [1.54, 1.807) is 0 Å². The molecule has 21 heavy (non-hydrogen) atoms. The van der Waals surface area contributed by atoms with Gasteiger partial charge in [-0.2, -0.15) is 0 Å². The third kappa shape index (κ3) is 4.85. The van der Waals surface area contributed by atoms with E-state index in [9.17, 15) is 0 Å². The Labute approximate surface area is 131 Å². The number of rotatable bonds is 4. The minimum atomic E-state index is 0.258. The molecule has 0 spiro atoms. The van der Waals surface area contributed by atoms with Crippen LogP contribution in [-0.2, 0) is 11.8 Å². The van der Waals surface area contributed by atoms with E-state index in [-0.39, 0.29) is 5.41 Å². The molecule has 0 aliphatic heterocycles. The molecular weight excluding hydrogens is 254 g/mol. The summed E-state index contributed by atoms with van der Waals surface area (Å²) in [6.07, 6.45) is 6.78. The van der Waals surface area contributed by atoms with E-state index in [1.807, 2.05) is 0 Å². The highest BCUT2D eigenvalue weighted by Crippen LogP contribution is 2.26. The van der Waals surface area contributed by atoms with Crippen LogP contribution in [0.1, 0.15) is 64.5 Å². The molecule has 118 valence electrons. The second-order valence-corrected chi connectivity index (χ2v) is 8.09. The van der Waals surface area contributed by atoms with Gasteiger partial charge in [-0.15, -0.1) is 0 Å². The molecule has 1 fully saturated rings. The third-order valence-corrected chi connectivity index (χ3v) is 5.18. The van der Waals surface area contributed by atoms with Gasteiger partial charge in [0.25, 0.3) is 0 Å². The Hall–Kier alpha value is -0.820. The van der Waals surface area contributed by atoms with E-state index >= 15 is 0 Å². The molecule has 1 aromatic carbocycles. The normalized spacial score (nSPS) is 23.5. The summed E-state index contributed by atoms with van der Waals surface area (Å²) >= 11 is 0. The first kappa shape index (κ1) is 16.5. The predicted molar refractivity (Wildman–Crippen MR) is 92.9 cm³/mol. The van der Waals surface area contributed by atoms with E-state index in [1.165, 1.54) is 49.8 Å². The summed E-state index contributed by atoms with van der Waals surface area (Å²) in [5.41, 5.74) is 3.16. The summed E-state index contributed by atoms with van der Waals surface area (Å²) in [5.74, 6) is 0.944. The van der Waals surface area contributed by atoms with Gasteiger partial charge in [-0.1, -0.05) is 52.0 Å². The van der Waals surface area contributed by atoms with Crippen molar-refractivity contribution in [2.24, 2.45) is 5.92 Å². The van der Waals surface area contributed by atoms with Crippen LogP contribution in [0.4, 0.5) is 0 Å². The van der Waals surface area contributed by atoms with Gasteiger partial charge in [0.2, 0.25) is 0 Å². The van der Waals surface area contributed by atoms with Crippen LogP contribution in [0.2, 0.25) is 0 Å². The van der Waals surface area contributed by atoms with E-state index in [2.05, 4.69) is 63.9 Å². The van der Waals surface area contributed by atoms with Crippen molar-refractivity contribution in [3.05, 3.63) is 35.4 Å². The minimum Gasteiger partial charge on any atom is -0.303 e. The quantitative estimate of drug-likeness (QED) is 0.750. The van der Waals surface area contributed by atoms with Crippen LogP contribution in [0.25, 0.3) is 0 Å². The SMILES string of the molecule is CC1CCC(N(C)CCc2ccc(C(C)(C)C)cc2)CC1. The third-order valence-electron chi connectivity index (χ3n) is 5.18. The first-order chi connectivity index (χ1) is 9.86. The average molecular weight is 287 g/mol. The first-order valence-corrected chi connectivity index (χ1v) is 8.66. The van der Waals surface area contributed by atoms with Gasteiger partial charge in [-0.3, -0.25) is 0 Å². The number of hydrogen-bond donors (Lipinski definition) is 0. The van der Waals surface area contributed by atoms with Crippen LogP contribution < -0.4 is 0 Å². The lowest BCUT2D eigenvalue weighted by Gasteiger charge is -2.33. The Morgan fingerprint density at radius 1 is 1.00 bits per heavy atom. The van der Waals surface area contributed by atoms with Crippen molar-refractivity contribution < 1.29 is 0 Å². The minimum absolute atomic E-state index is 0.258. The molecular formula is C20H33N. The molecule has 0 bridgehead atoms. The fourth-order valence-corrected chi connectivity index (χ4v) is 3.34. The molecule has 1 aromatic rings. The maximum absolute atomic E-state index is 2.59. The van der Waals surface area contributed by atoms with Gasteiger partial charge in [-0.05, 0) is 61.6 Å². The van der Waals surface area contributed by atoms with E-state index in [0.717, 1.165) is 12.0 Å². The summed E-state index contributed by atoms with van der Waals surface area (Å²) in [6.45, 7) is 10.4. The van der Waals surface area contributed by atoms with Crippen molar-refractivity contribution in [1.29, 1.82) is 0 Å². The molecule has 0 heterocycles. The molecule has 1 aliphatic rings. The van der Waals surface area contributed by atoms with Crippen LogP contribution >= 0.6 is 0 Å². The van der Waals surface area contributed by atoms with Gasteiger partial charge in [0, 0.05) is 12.6 Å². The standard InChI is InChI=1S/C20H33N/c1-16-6-12-19(13-7-16)21(5)15-14-17-8-10-18(11-9-17)20(2,3)4/h8-11,16,19H,6-7,12-15H2,1-5H3. The van der Waals surface area contributed by atoms with Gasteiger partial charge in [0.1, 0.15) is 0 Å². The number of likely N-dealkylation sites (N-methyl/N-ethyl adjacent to an activating group) is 1. The van der Waals surface area contributed by atoms with E-state index < -0.39 is 0 Å². The van der Waals surface area contributed by atoms with Crippen molar-refractivity contribution in [3.8, 4) is 0 Å². The zero-order valence-electron chi connectivity index (χ0n) is 14.7. The lowest BCUT2D eigenvalue weighted by Crippen LogP contribution is -2.36. The molecule has 0 radical (unpaired) electrons. The predicted octanol–water partition coefficient (Wildman–Crippen LogP) is 5.04. The van der Waals surface area contributed by atoms with Crippen LogP contribution in [0.3, 0.4) is 0 Å². The van der Waals surface area contributed by atoms with E-state index in [4.69, 9.17) is 0 Å². The molecule has 2 rings (SSSR count). The topological polar surface area (TPSA) is 3.24 Å². The Morgan fingerprint density at radius 3 is 2.10 bits per heavy atom. The lowest BCUT2D eigenvalue weighted by molar-refractivity contribution is 0.172. The first-order valence-electron chi connectivity index (χ1n) is 8.66. The summed E-state index contributed by atoms with van der Waals surface area (Å²) in [7, 11) is 2.31. The second-order valence-electron chi connectivity index (χ2n) is 8.09. The van der Waals surface area contributed by atoms with E-state index in [0.29, 0.717) is 0 Å². The van der Waals surface area contributed by atoms with Gasteiger partial charge in [0.05, 0.1) is 0 Å². The zero-order valence-corrected chi connectivity index (χ0v) is 14.7. The Kier molecular flexibility index (Phi) is 5.48. The molecule has 0 amide bonds. The smallest absolute Gasteiger partial charge is 0.00925 e. The van der Waals surface area contributed by atoms with Crippen molar-refractivity contribution >= 4 is 0 Å². The summed E-state index contributed by atoms with van der Waals surface area (Å²) < 4.78 is 0. The van der Waals surface area contributed by atoms with Gasteiger partial charge < -0.3 is 4.90 Å². The number of hydrogen-bond acceptors (Lipinski definition) is 1. The summed E-state index contributed by atoms with van der Waals surface area (Å²) in [6, 6.07) is 10.1. The largest absolute Gasteiger partial charge is 0.303 e. The number of nitrogens with zero attached hydrogens (tertiary/aromatic N) is 1. The fraction of sp³-hybridized carbons (Fsp3) is 0.700. The van der Waals surface area contributed by atoms with Crippen molar-refractivity contribution in [2.75, 3.05) is 13.6 Å². The van der Waals surface area contributed by atoms with Crippen molar-refractivity contribution in [3.63, 3.8) is 0 Å². The molecule has 0 N–H and O–H groups in total. The van der Waals surface area contributed by atoms with Crippen molar-refractivity contribution in [1.82, 2.24) is 4.90 Å².